The predicted molar refractivity (Wildman–Crippen MR) is 51.2 cm³/mol. The van der Waals surface area contributed by atoms with Crippen LogP contribution in [0.5, 0.6) is 0 Å². The van der Waals surface area contributed by atoms with Crippen LogP contribution in [0.4, 0.5) is 4.39 Å². The average molecular weight is 235 g/mol. The van der Waals surface area contributed by atoms with Crippen molar-refractivity contribution in [2.45, 2.75) is 11.3 Å². The summed E-state index contributed by atoms with van der Waals surface area (Å²) in [5.41, 5.74) is 0.926. The smallest absolute Gasteiger partial charge is 0.127 e. The van der Waals surface area contributed by atoms with Gasteiger partial charge in [0.1, 0.15) is 5.82 Å². The van der Waals surface area contributed by atoms with Crippen molar-refractivity contribution in [3.63, 3.8) is 0 Å². The summed E-state index contributed by atoms with van der Waals surface area (Å²) in [7, 11) is -0.225. The summed E-state index contributed by atoms with van der Waals surface area (Å²) < 4.78 is 13.1. The van der Waals surface area contributed by atoms with Gasteiger partial charge in [-0.2, -0.15) is 9.33 Å². The van der Waals surface area contributed by atoms with E-state index in [0.717, 1.165) is 17.7 Å². The lowest BCUT2D eigenvalue weighted by Gasteiger charge is -2.05. The second kappa shape index (κ2) is 2.79. The topological polar surface area (TPSA) is 0 Å². The fourth-order valence-corrected chi connectivity index (χ4v) is 4.30. The molecule has 0 nitrogen and oxygen atoms in total. The van der Waals surface area contributed by atoms with E-state index in [9.17, 15) is 4.39 Å². The van der Waals surface area contributed by atoms with Gasteiger partial charge in [0.25, 0.3) is 0 Å². The lowest BCUT2D eigenvalue weighted by molar-refractivity contribution is 0.609. The maximum atomic E-state index is 13.1. The van der Waals surface area contributed by atoms with Crippen molar-refractivity contribution in [3.8, 4) is 0 Å². The highest BCUT2D eigenvalue weighted by Crippen LogP contribution is 2.50. The van der Waals surface area contributed by atoms with Crippen molar-refractivity contribution < 1.29 is 4.39 Å². The highest BCUT2D eigenvalue weighted by atomic mass is 79.9. The summed E-state index contributed by atoms with van der Waals surface area (Å²) in [6, 6.07) is 5.35. The van der Waals surface area contributed by atoms with Crippen LogP contribution < -0.4 is 0 Å². The maximum Gasteiger partial charge on any atom is 0.127 e. The Morgan fingerprint density at radius 2 is 2.27 bits per heavy atom. The Hall–Kier alpha value is -0.0200. The van der Waals surface area contributed by atoms with Gasteiger partial charge in [0.15, 0.2) is 0 Å². The Morgan fingerprint density at radius 3 is 3.00 bits per heavy atom. The van der Waals surface area contributed by atoms with Crippen molar-refractivity contribution in [2.24, 2.45) is 0 Å². The van der Waals surface area contributed by atoms with Crippen LogP contribution in [0.15, 0.2) is 23.1 Å². The Bertz CT molecular complexity index is 287. The van der Waals surface area contributed by atoms with E-state index in [0.29, 0.717) is 0 Å². The van der Waals surface area contributed by atoms with Crippen molar-refractivity contribution >= 4 is 24.1 Å². The highest BCUT2D eigenvalue weighted by molar-refractivity contribution is 9.54. The monoisotopic (exact) mass is 234 g/mol. The fourth-order valence-electron chi connectivity index (χ4n) is 1.35. The van der Waals surface area contributed by atoms with Crippen molar-refractivity contribution in [3.05, 3.63) is 29.6 Å². The molecular formula is C8H8BrFS. The van der Waals surface area contributed by atoms with E-state index in [2.05, 4.69) is 14.8 Å². The molecule has 1 atom stereocenters. The number of hydrogen-bond donors (Lipinski definition) is 1. The number of hydrogen-bond acceptors (Lipinski definition) is 0. The molecule has 11 heavy (non-hydrogen) atoms. The first-order valence-electron chi connectivity index (χ1n) is 3.50. The van der Waals surface area contributed by atoms with Crippen LogP contribution >= 0.6 is 24.1 Å². The molecule has 1 unspecified atom stereocenters. The molecule has 0 saturated carbocycles. The molecule has 0 spiro atoms. The first-order valence-corrected chi connectivity index (χ1v) is 7.04. The zero-order chi connectivity index (χ0) is 7.84. The van der Waals surface area contributed by atoms with Gasteiger partial charge in [0.05, 0.1) is 0 Å². The SMILES string of the molecule is Fc1cccc2c1CC[SH]2Br. The second-order valence-corrected chi connectivity index (χ2v) is 6.80. The zero-order valence-electron chi connectivity index (χ0n) is 5.85. The molecule has 1 aliphatic rings. The zero-order valence-corrected chi connectivity index (χ0v) is 8.33. The predicted octanol–water partition coefficient (Wildman–Crippen LogP) is 3.05. The fraction of sp³-hybridized carbons (Fsp3) is 0.250. The minimum Gasteiger partial charge on any atom is -0.207 e. The lowest BCUT2D eigenvalue weighted by Crippen LogP contribution is -1.85. The van der Waals surface area contributed by atoms with Crippen molar-refractivity contribution in [1.29, 1.82) is 0 Å². The van der Waals surface area contributed by atoms with Gasteiger partial charge in [-0.05, 0) is 39.1 Å². The van der Waals surface area contributed by atoms with E-state index in [-0.39, 0.29) is 15.1 Å². The van der Waals surface area contributed by atoms with Gasteiger partial charge in [-0.15, -0.1) is 0 Å². The molecule has 60 valence electrons. The summed E-state index contributed by atoms with van der Waals surface area (Å²) in [5.74, 6) is 1.05. The van der Waals surface area contributed by atoms with E-state index in [1.807, 2.05) is 6.07 Å². The molecule has 1 aromatic rings. The quantitative estimate of drug-likeness (QED) is 0.656. The molecule has 3 heteroatoms. The van der Waals surface area contributed by atoms with Crippen molar-refractivity contribution in [1.82, 2.24) is 0 Å². The van der Waals surface area contributed by atoms with Crippen LogP contribution in [0.1, 0.15) is 5.56 Å². The summed E-state index contributed by atoms with van der Waals surface area (Å²) in [6.45, 7) is 0. The van der Waals surface area contributed by atoms with E-state index in [1.54, 1.807) is 12.1 Å². The molecule has 1 aromatic carbocycles. The molecule has 0 N–H and O–H groups in total. The van der Waals surface area contributed by atoms with Crippen LogP contribution in [0.3, 0.4) is 0 Å². The first-order chi connectivity index (χ1) is 5.29. The molecule has 0 fully saturated rings. The highest BCUT2D eigenvalue weighted by Gasteiger charge is 2.19. The van der Waals surface area contributed by atoms with Gasteiger partial charge in [-0.25, -0.2) is 4.39 Å². The van der Waals surface area contributed by atoms with E-state index < -0.39 is 0 Å². The van der Waals surface area contributed by atoms with Gasteiger partial charge in [-0.1, -0.05) is 6.07 Å². The largest absolute Gasteiger partial charge is 0.207 e. The average Bonchev–Trinajstić information content (AvgIpc) is 2.35. The van der Waals surface area contributed by atoms with Crippen LogP contribution in [-0.2, 0) is 6.42 Å². The molecule has 0 bridgehead atoms. The normalized spacial score (nSPS) is 25.1. The molecule has 0 radical (unpaired) electrons. The van der Waals surface area contributed by atoms with Gasteiger partial charge in [0, 0.05) is 10.5 Å². The second-order valence-electron chi connectivity index (χ2n) is 2.57. The standard InChI is InChI=1S/C8H8BrFS/c9-11-5-4-6-7(10)2-1-3-8(6)11/h1-3,11H,4-5H2. The van der Waals surface area contributed by atoms with Gasteiger partial charge < -0.3 is 0 Å². The van der Waals surface area contributed by atoms with Crippen LogP contribution in [-0.4, -0.2) is 5.75 Å². The number of fused-ring (bicyclic) bond motifs is 1. The third kappa shape index (κ3) is 1.20. The molecule has 0 aromatic heterocycles. The van der Waals surface area contributed by atoms with Crippen LogP contribution in [0.2, 0.25) is 0 Å². The van der Waals surface area contributed by atoms with Gasteiger partial charge in [-0.3, -0.25) is 0 Å². The molecule has 1 heterocycles. The molecule has 1 aliphatic heterocycles. The molecule has 0 amide bonds. The first kappa shape index (κ1) is 7.62. The molecule has 0 aliphatic carbocycles. The molecule has 0 saturated heterocycles. The molecule has 2 rings (SSSR count). The number of rotatable bonds is 0. The lowest BCUT2D eigenvalue weighted by atomic mass is 10.2. The minimum absolute atomic E-state index is 0.0352. The summed E-state index contributed by atoms with van der Waals surface area (Å²) in [6.07, 6.45) is 0.902. The third-order valence-electron chi connectivity index (χ3n) is 1.91. The van der Waals surface area contributed by atoms with Crippen molar-refractivity contribution in [2.75, 3.05) is 5.75 Å². The van der Waals surface area contributed by atoms with Gasteiger partial charge >= 0.3 is 0 Å². The summed E-state index contributed by atoms with van der Waals surface area (Å²) in [5, 5.41) is 0. The van der Waals surface area contributed by atoms with E-state index >= 15 is 0 Å². The van der Waals surface area contributed by atoms with E-state index in [4.69, 9.17) is 0 Å². The number of benzene rings is 1. The maximum absolute atomic E-state index is 13.1. The van der Waals surface area contributed by atoms with Gasteiger partial charge in [0.2, 0.25) is 0 Å². The Kier molecular flexibility index (Phi) is 1.93. The Morgan fingerprint density at radius 1 is 1.45 bits per heavy atom. The Labute approximate surface area is 75.4 Å². The summed E-state index contributed by atoms with van der Waals surface area (Å²) in [4.78, 5) is 1.19. The third-order valence-corrected chi connectivity index (χ3v) is 5.68. The number of halogens is 2. The van der Waals surface area contributed by atoms with Crippen LogP contribution in [0, 0.1) is 5.82 Å². The molecular weight excluding hydrogens is 227 g/mol. The minimum atomic E-state index is -0.225. The number of thiol groups is 1. The van der Waals surface area contributed by atoms with E-state index in [1.165, 1.54) is 4.90 Å². The van der Waals surface area contributed by atoms with Crippen LogP contribution in [0.25, 0.3) is 0 Å². The summed E-state index contributed by atoms with van der Waals surface area (Å²) >= 11 is 3.57. The Balaban J connectivity index is 2.57.